The summed E-state index contributed by atoms with van der Waals surface area (Å²) in [6, 6.07) is 24.1. The van der Waals surface area contributed by atoms with E-state index in [0.29, 0.717) is 22.4 Å². The van der Waals surface area contributed by atoms with Gasteiger partial charge in [0.25, 0.3) is 5.91 Å². The van der Waals surface area contributed by atoms with Gasteiger partial charge in [-0.1, -0.05) is 60.7 Å². The smallest absolute Gasteiger partial charge is 0.272 e. The standard InChI is InChI=1S/C31H24F3N3O2/c1-37-28-17-22(20-5-3-2-4-6-20)8-9-23(28)18-35-29(31(37)39)36-30(38)25(21-10-12-24(32)13-11-21)15-19-7-14-26(33)27(34)16-19/h2-14,16-18,25,29H,15H2,1H3,(H,36,38)/t25-,29-/m1/s1. The van der Waals surface area contributed by atoms with Crippen LogP contribution in [0.25, 0.3) is 11.1 Å². The van der Waals surface area contributed by atoms with Gasteiger partial charge in [0.15, 0.2) is 11.6 Å². The third-order valence-corrected chi connectivity index (χ3v) is 6.72. The number of hydrogen-bond acceptors (Lipinski definition) is 3. The van der Waals surface area contributed by atoms with Crippen molar-refractivity contribution < 1.29 is 22.8 Å². The van der Waals surface area contributed by atoms with Gasteiger partial charge in [0.05, 0.1) is 11.6 Å². The number of aliphatic imine (C=N–C) groups is 1. The van der Waals surface area contributed by atoms with Crippen LogP contribution < -0.4 is 10.2 Å². The van der Waals surface area contributed by atoms with Crippen LogP contribution in [0.2, 0.25) is 0 Å². The summed E-state index contributed by atoms with van der Waals surface area (Å²) in [4.78, 5) is 32.7. The summed E-state index contributed by atoms with van der Waals surface area (Å²) < 4.78 is 40.9. The predicted molar refractivity (Wildman–Crippen MR) is 144 cm³/mol. The van der Waals surface area contributed by atoms with Crippen molar-refractivity contribution in [2.75, 3.05) is 11.9 Å². The monoisotopic (exact) mass is 527 g/mol. The van der Waals surface area contributed by atoms with Gasteiger partial charge in [0.1, 0.15) is 5.82 Å². The van der Waals surface area contributed by atoms with Gasteiger partial charge in [-0.2, -0.15) is 0 Å². The van der Waals surface area contributed by atoms with Gasteiger partial charge < -0.3 is 10.2 Å². The molecular weight excluding hydrogens is 503 g/mol. The fourth-order valence-electron chi connectivity index (χ4n) is 4.57. The highest BCUT2D eigenvalue weighted by atomic mass is 19.2. The van der Waals surface area contributed by atoms with Crippen LogP contribution in [0.15, 0.2) is 96.0 Å². The summed E-state index contributed by atoms with van der Waals surface area (Å²) in [6.07, 6.45) is 0.317. The molecule has 0 saturated carbocycles. The zero-order chi connectivity index (χ0) is 27.5. The lowest BCUT2D eigenvalue weighted by Gasteiger charge is -2.24. The minimum Gasteiger partial charge on any atom is -0.326 e. The molecule has 0 saturated heterocycles. The van der Waals surface area contributed by atoms with Gasteiger partial charge in [-0.15, -0.1) is 0 Å². The van der Waals surface area contributed by atoms with Gasteiger partial charge in [-0.25, -0.2) is 13.2 Å². The number of rotatable bonds is 6. The zero-order valence-electron chi connectivity index (χ0n) is 20.9. The molecule has 4 aromatic carbocycles. The molecule has 0 aromatic heterocycles. The molecule has 0 radical (unpaired) electrons. The maximum atomic E-state index is 13.9. The number of halogens is 3. The van der Waals surface area contributed by atoms with Crippen molar-refractivity contribution in [3.63, 3.8) is 0 Å². The van der Waals surface area contributed by atoms with E-state index in [4.69, 9.17) is 0 Å². The van der Waals surface area contributed by atoms with Crippen LogP contribution in [-0.2, 0) is 16.0 Å². The Kier molecular flexibility index (Phi) is 7.27. The van der Waals surface area contributed by atoms with Crippen molar-refractivity contribution in [3.05, 3.63) is 125 Å². The first-order valence-corrected chi connectivity index (χ1v) is 12.3. The first-order chi connectivity index (χ1) is 18.8. The van der Waals surface area contributed by atoms with Crippen LogP contribution >= 0.6 is 0 Å². The number of benzene rings is 4. The van der Waals surface area contributed by atoms with Crippen LogP contribution in [0.5, 0.6) is 0 Å². The molecule has 4 aromatic rings. The van der Waals surface area contributed by atoms with Crippen molar-refractivity contribution in [2.24, 2.45) is 4.99 Å². The molecule has 5 nitrogen and oxygen atoms in total. The lowest BCUT2D eigenvalue weighted by atomic mass is 9.91. The Morgan fingerprint density at radius 3 is 2.36 bits per heavy atom. The molecule has 0 bridgehead atoms. The summed E-state index contributed by atoms with van der Waals surface area (Å²) in [7, 11) is 1.61. The number of likely N-dealkylation sites (N-methyl/N-ethyl adjacent to an activating group) is 1. The Bertz CT molecular complexity index is 1560. The van der Waals surface area contributed by atoms with Crippen molar-refractivity contribution in [3.8, 4) is 11.1 Å². The van der Waals surface area contributed by atoms with E-state index in [2.05, 4.69) is 10.3 Å². The second-order valence-electron chi connectivity index (χ2n) is 9.28. The van der Waals surface area contributed by atoms with Crippen LogP contribution in [0.4, 0.5) is 18.9 Å². The van der Waals surface area contributed by atoms with Crippen molar-refractivity contribution in [1.82, 2.24) is 5.32 Å². The number of nitrogens with one attached hydrogen (secondary N) is 1. The Hall–Kier alpha value is -4.72. The summed E-state index contributed by atoms with van der Waals surface area (Å²) in [5, 5.41) is 2.69. The quantitative estimate of drug-likeness (QED) is 0.353. The highest BCUT2D eigenvalue weighted by Gasteiger charge is 2.31. The Morgan fingerprint density at radius 1 is 0.897 bits per heavy atom. The molecule has 39 heavy (non-hydrogen) atoms. The second kappa shape index (κ2) is 10.9. The van der Waals surface area contributed by atoms with Crippen molar-refractivity contribution >= 4 is 23.7 Å². The number of anilines is 1. The lowest BCUT2D eigenvalue weighted by Crippen LogP contribution is -2.47. The Labute approximate surface area is 223 Å². The van der Waals surface area contributed by atoms with E-state index < -0.39 is 41.3 Å². The average molecular weight is 528 g/mol. The van der Waals surface area contributed by atoms with E-state index in [1.165, 1.54) is 35.2 Å². The fraction of sp³-hybridized carbons (Fsp3) is 0.129. The first kappa shape index (κ1) is 25.9. The molecule has 0 aliphatic carbocycles. The molecule has 2 amide bonds. The third kappa shape index (κ3) is 5.60. The van der Waals surface area contributed by atoms with Gasteiger partial charge >= 0.3 is 0 Å². The van der Waals surface area contributed by atoms with Crippen molar-refractivity contribution in [1.29, 1.82) is 0 Å². The van der Waals surface area contributed by atoms with E-state index >= 15 is 0 Å². The van der Waals surface area contributed by atoms with Crippen LogP contribution in [0.1, 0.15) is 22.6 Å². The molecule has 1 N–H and O–H groups in total. The molecule has 196 valence electrons. The summed E-state index contributed by atoms with van der Waals surface area (Å²) >= 11 is 0. The Morgan fingerprint density at radius 2 is 1.64 bits per heavy atom. The molecule has 2 atom stereocenters. The van der Waals surface area contributed by atoms with Gasteiger partial charge in [-0.3, -0.25) is 14.6 Å². The highest BCUT2D eigenvalue weighted by Crippen LogP contribution is 2.29. The van der Waals surface area contributed by atoms with Crippen LogP contribution in [0.3, 0.4) is 0 Å². The predicted octanol–water partition coefficient (Wildman–Crippen LogP) is 5.64. The average Bonchev–Trinajstić information content (AvgIpc) is 3.06. The minimum absolute atomic E-state index is 0.00418. The SMILES string of the molecule is CN1C(=O)[C@@H](NC(=O)[C@H](Cc2ccc(F)c(F)c2)c2ccc(F)cc2)N=Cc2ccc(-c3ccccc3)cc21. The number of fused-ring (bicyclic) bond motifs is 1. The summed E-state index contributed by atoms with van der Waals surface area (Å²) in [5.41, 5.74) is 4.08. The van der Waals surface area contributed by atoms with Crippen LogP contribution in [0, 0.1) is 17.5 Å². The molecule has 5 rings (SSSR count). The highest BCUT2D eigenvalue weighted by molar-refractivity contribution is 6.06. The largest absolute Gasteiger partial charge is 0.326 e. The van der Waals surface area contributed by atoms with E-state index in [0.717, 1.165) is 23.3 Å². The van der Waals surface area contributed by atoms with E-state index in [9.17, 15) is 22.8 Å². The molecule has 0 unspecified atom stereocenters. The maximum absolute atomic E-state index is 13.9. The van der Waals surface area contributed by atoms with Gasteiger partial charge in [-0.05, 0) is 59.0 Å². The van der Waals surface area contributed by atoms with Crippen LogP contribution in [-0.4, -0.2) is 31.2 Å². The molecule has 8 heteroatoms. The topological polar surface area (TPSA) is 61.8 Å². The molecule has 0 fully saturated rings. The molecule has 1 heterocycles. The minimum atomic E-state index is -1.22. The zero-order valence-corrected chi connectivity index (χ0v) is 20.9. The molecule has 1 aliphatic rings. The second-order valence-corrected chi connectivity index (χ2v) is 9.28. The molecule has 0 spiro atoms. The fourth-order valence-corrected chi connectivity index (χ4v) is 4.57. The third-order valence-electron chi connectivity index (χ3n) is 6.72. The van der Waals surface area contributed by atoms with E-state index in [1.54, 1.807) is 13.3 Å². The first-order valence-electron chi connectivity index (χ1n) is 12.3. The number of carbonyl (C=O) groups is 2. The lowest BCUT2D eigenvalue weighted by molar-refractivity contribution is -0.128. The number of hydrogen-bond donors (Lipinski definition) is 1. The van der Waals surface area contributed by atoms with Gasteiger partial charge in [0, 0.05) is 18.8 Å². The number of amides is 2. The molecule has 1 aliphatic heterocycles. The van der Waals surface area contributed by atoms with Crippen molar-refractivity contribution in [2.45, 2.75) is 18.5 Å². The van der Waals surface area contributed by atoms with Gasteiger partial charge in [0.2, 0.25) is 12.1 Å². The summed E-state index contributed by atoms with van der Waals surface area (Å²) in [6.45, 7) is 0. The van der Waals surface area contributed by atoms with E-state index in [-0.39, 0.29) is 6.42 Å². The molecular formula is C31H24F3N3O2. The number of nitrogens with zero attached hydrogens (tertiary/aromatic N) is 2. The normalized spacial score (nSPS) is 15.4. The maximum Gasteiger partial charge on any atom is 0.272 e. The van der Waals surface area contributed by atoms with E-state index in [1.807, 2.05) is 48.5 Å². The number of benzodiazepines with no additional fused rings is 1. The Balaban J connectivity index is 1.40. The number of carbonyl (C=O) groups excluding carboxylic acids is 2. The summed E-state index contributed by atoms with van der Waals surface area (Å²) in [5.74, 6) is -4.45.